The number of nitrogens with zero attached hydrogens (tertiary/aromatic N) is 1. The fraction of sp³-hybridized carbons (Fsp3) is 0.167. The van der Waals surface area contributed by atoms with E-state index in [9.17, 15) is 9.59 Å². The lowest BCUT2D eigenvalue weighted by Gasteiger charge is -2.21. The minimum Gasteiger partial charge on any atom is -0.469 e. The minimum absolute atomic E-state index is 0.00741. The van der Waals surface area contributed by atoms with Crippen molar-refractivity contribution in [1.82, 2.24) is 5.32 Å². The molecule has 0 fully saturated rings. The lowest BCUT2D eigenvalue weighted by Crippen LogP contribution is -2.30. The van der Waals surface area contributed by atoms with Gasteiger partial charge in [0.1, 0.15) is 5.76 Å². The van der Waals surface area contributed by atoms with Crippen LogP contribution in [0, 0.1) is 6.92 Å². The Labute approximate surface area is 168 Å². The lowest BCUT2D eigenvalue weighted by molar-refractivity contribution is 0.0959. The van der Waals surface area contributed by atoms with Crippen molar-refractivity contribution in [3.8, 4) is 0 Å². The van der Waals surface area contributed by atoms with Crippen molar-refractivity contribution in [3.05, 3.63) is 94.6 Å². The van der Waals surface area contributed by atoms with E-state index in [-0.39, 0.29) is 17.7 Å². The van der Waals surface area contributed by atoms with E-state index in [0.29, 0.717) is 29.9 Å². The van der Waals surface area contributed by atoms with Crippen molar-refractivity contribution in [3.63, 3.8) is 0 Å². The second-order valence-corrected chi connectivity index (χ2v) is 7.48. The molecular formula is C24H20N2O3. The first-order valence-corrected chi connectivity index (χ1v) is 9.67. The summed E-state index contributed by atoms with van der Waals surface area (Å²) in [4.78, 5) is 27.5. The van der Waals surface area contributed by atoms with E-state index >= 15 is 0 Å². The van der Waals surface area contributed by atoms with Gasteiger partial charge in [-0.3, -0.25) is 9.59 Å². The molecule has 144 valence electrons. The average Bonchev–Trinajstić information content (AvgIpc) is 3.33. The fourth-order valence-electron chi connectivity index (χ4n) is 4.31. The number of carbonyl (C=O) groups is 2. The van der Waals surface area contributed by atoms with Gasteiger partial charge in [0.25, 0.3) is 11.8 Å². The Bertz CT molecular complexity index is 1140. The van der Waals surface area contributed by atoms with Crippen LogP contribution in [0.5, 0.6) is 0 Å². The van der Waals surface area contributed by atoms with E-state index in [0.717, 1.165) is 16.9 Å². The Kier molecular flexibility index (Phi) is 4.09. The first-order chi connectivity index (χ1) is 14.1. The third-order valence-electron chi connectivity index (χ3n) is 5.66. The maximum Gasteiger partial charge on any atom is 0.258 e. The van der Waals surface area contributed by atoms with Crippen LogP contribution in [-0.2, 0) is 0 Å². The number of hydrogen-bond donors (Lipinski definition) is 1. The van der Waals surface area contributed by atoms with E-state index < -0.39 is 0 Å². The molecule has 1 N–H and O–H groups in total. The number of amides is 2. The first kappa shape index (κ1) is 17.5. The van der Waals surface area contributed by atoms with Crippen LogP contribution in [0.1, 0.15) is 49.9 Å². The number of rotatable bonds is 3. The van der Waals surface area contributed by atoms with Gasteiger partial charge >= 0.3 is 0 Å². The van der Waals surface area contributed by atoms with Crippen molar-refractivity contribution in [1.29, 1.82) is 0 Å². The van der Waals surface area contributed by atoms with E-state index in [2.05, 4.69) is 5.32 Å². The molecule has 5 nitrogen and oxygen atoms in total. The van der Waals surface area contributed by atoms with E-state index in [1.54, 1.807) is 13.0 Å². The van der Waals surface area contributed by atoms with E-state index in [1.807, 2.05) is 59.5 Å². The van der Waals surface area contributed by atoms with Gasteiger partial charge in [0.05, 0.1) is 11.8 Å². The number of aryl methyl sites for hydroxylation is 1. The highest BCUT2D eigenvalue weighted by molar-refractivity contribution is 6.08. The Hall–Kier alpha value is -3.60. The van der Waals surface area contributed by atoms with E-state index in [4.69, 9.17) is 4.42 Å². The SMILES string of the molecule is Cc1occc1C(=O)NC1=Cc2cccc3c2C(C1)CN3C(=O)c1ccccc1. The molecule has 2 aliphatic rings. The largest absolute Gasteiger partial charge is 0.469 e. The van der Waals surface area contributed by atoms with Gasteiger partial charge < -0.3 is 14.6 Å². The van der Waals surface area contributed by atoms with Gasteiger partial charge in [-0.15, -0.1) is 0 Å². The van der Waals surface area contributed by atoms with Crippen molar-refractivity contribution in [2.75, 3.05) is 11.4 Å². The van der Waals surface area contributed by atoms with Crippen LogP contribution >= 0.6 is 0 Å². The quantitative estimate of drug-likeness (QED) is 0.723. The van der Waals surface area contributed by atoms with Crippen LogP contribution in [0.4, 0.5) is 5.69 Å². The van der Waals surface area contributed by atoms with Crippen molar-refractivity contribution < 1.29 is 14.0 Å². The normalized spacial score (nSPS) is 16.9. The fourth-order valence-corrected chi connectivity index (χ4v) is 4.31. The number of anilines is 1. The summed E-state index contributed by atoms with van der Waals surface area (Å²) < 4.78 is 5.24. The van der Waals surface area contributed by atoms with Gasteiger partial charge in [-0.1, -0.05) is 30.3 Å². The molecule has 0 spiro atoms. The van der Waals surface area contributed by atoms with Crippen LogP contribution in [0.2, 0.25) is 0 Å². The van der Waals surface area contributed by atoms with Crippen LogP contribution in [0.25, 0.3) is 6.08 Å². The smallest absolute Gasteiger partial charge is 0.258 e. The molecule has 1 unspecified atom stereocenters. The molecule has 2 aromatic carbocycles. The monoisotopic (exact) mass is 384 g/mol. The molecule has 29 heavy (non-hydrogen) atoms. The number of carbonyl (C=O) groups excluding carboxylic acids is 2. The number of nitrogens with one attached hydrogen (secondary N) is 1. The number of hydrogen-bond acceptors (Lipinski definition) is 3. The Morgan fingerprint density at radius 3 is 2.66 bits per heavy atom. The number of allylic oxidation sites excluding steroid dienone is 1. The summed E-state index contributed by atoms with van der Waals surface area (Å²) in [7, 11) is 0. The van der Waals surface area contributed by atoms with Gasteiger partial charge in [-0.25, -0.2) is 0 Å². The summed E-state index contributed by atoms with van der Waals surface area (Å²) >= 11 is 0. The molecule has 2 heterocycles. The zero-order chi connectivity index (χ0) is 20.0. The first-order valence-electron chi connectivity index (χ1n) is 9.67. The van der Waals surface area contributed by atoms with Gasteiger partial charge in [0.2, 0.25) is 0 Å². The maximum absolute atomic E-state index is 13.1. The summed E-state index contributed by atoms with van der Waals surface area (Å²) in [5.74, 6) is 0.604. The summed E-state index contributed by atoms with van der Waals surface area (Å²) in [5.41, 5.74) is 5.29. The molecular weight excluding hydrogens is 364 g/mol. The van der Waals surface area contributed by atoms with Crippen LogP contribution in [0.3, 0.4) is 0 Å². The predicted octanol–water partition coefficient (Wildman–Crippen LogP) is 4.51. The molecule has 5 heteroatoms. The van der Waals surface area contributed by atoms with Gasteiger partial charge in [-0.2, -0.15) is 0 Å². The highest BCUT2D eigenvalue weighted by Gasteiger charge is 2.36. The highest BCUT2D eigenvalue weighted by Crippen LogP contribution is 2.45. The maximum atomic E-state index is 13.1. The summed E-state index contributed by atoms with van der Waals surface area (Å²) in [5, 5.41) is 3.02. The Morgan fingerprint density at radius 1 is 1.07 bits per heavy atom. The Balaban J connectivity index is 1.43. The minimum atomic E-state index is -0.169. The molecule has 1 aromatic heterocycles. The van der Waals surface area contributed by atoms with Crippen molar-refractivity contribution in [2.45, 2.75) is 19.3 Å². The van der Waals surface area contributed by atoms with E-state index in [1.165, 1.54) is 11.8 Å². The topological polar surface area (TPSA) is 62.6 Å². The zero-order valence-electron chi connectivity index (χ0n) is 16.0. The van der Waals surface area contributed by atoms with Crippen molar-refractivity contribution in [2.24, 2.45) is 0 Å². The number of furan rings is 1. The van der Waals surface area contributed by atoms with Crippen molar-refractivity contribution >= 4 is 23.6 Å². The summed E-state index contributed by atoms with van der Waals surface area (Å²) in [6.45, 7) is 2.38. The lowest BCUT2D eigenvalue weighted by atomic mass is 9.87. The summed E-state index contributed by atoms with van der Waals surface area (Å²) in [6, 6.07) is 17.0. The second-order valence-electron chi connectivity index (χ2n) is 7.48. The van der Waals surface area contributed by atoms with Gasteiger partial charge in [0, 0.05) is 29.4 Å². The molecule has 3 aromatic rings. The Morgan fingerprint density at radius 2 is 1.90 bits per heavy atom. The molecule has 2 amide bonds. The van der Waals surface area contributed by atoms with Crippen LogP contribution in [-0.4, -0.2) is 18.4 Å². The zero-order valence-corrected chi connectivity index (χ0v) is 16.0. The van der Waals surface area contributed by atoms with Gasteiger partial charge in [-0.05, 0) is 54.8 Å². The standard InChI is InChI=1S/C24H20N2O3/c1-15-20(10-11-29-15)23(27)25-19-12-17-8-5-9-21-22(17)18(13-19)14-26(21)24(28)16-6-3-2-4-7-16/h2-12,18H,13-14H2,1H3,(H,25,27). The molecule has 0 saturated carbocycles. The molecule has 1 atom stereocenters. The van der Waals surface area contributed by atoms with Crippen LogP contribution < -0.4 is 10.2 Å². The number of benzene rings is 2. The molecule has 0 bridgehead atoms. The molecule has 5 rings (SSSR count). The third kappa shape index (κ3) is 2.95. The third-order valence-corrected chi connectivity index (χ3v) is 5.66. The van der Waals surface area contributed by atoms with Crippen LogP contribution in [0.15, 0.2) is 71.0 Å². The average molecular weight is 384 g/mol. The highest BCUT2D eigenvalue weighted by atomic mass is 16.3. The second kappa shape index (κ2) is 6.78. The predicted molar refractivity (Wildman–Crippen MR) is 111 cm³/mol. The summed E-state index contributed by atoms with van der Waals surface area (Å²) in [6.07, 6.45) is 4.22. The molecule has 0 saturated heterocycles. The molecule has 0 radical (unpaired) electrons. The molecule has 1 aliphatic carbocycles. The van der Waals surface area contributed by atoms with Gasteiger partial charge in [0.15, 0.2) is 0 Å². The molecule has 1 aliphatic heterocycles.